The number of pyridine rings is 2. The molecule has 0 radical (unpaired) electrons. The van der Waals surface area contributed by atoms with Gasteiger partial charge in [-0.15, -0.1) is 0 Å². The number of benzene rings is 1. The van der Waals surface area contributed by atoms with E-state index < -0.39 is 60.2 Å². The first-order valence-corrected chi connectivity index (χ1v) is 40.9. The predicted molar refractivity (Wildman–Crippen MR) is 423 cm³/mol. The lowest BCUT2D eigenvalue weighted by atomic mass is 9.89. The number of carboxylic acid groups (broad SMARTS) is 1. The number of amides is 6. The number of carbonyl (C=O) groups excluding carboxylic acids is 6. The molecule has 0 aliphatic carbocycles. The molecule has 0 saturated carbocycles. The van der Waals surface area contributed by atoms with Crippen LogP contribution in [0.4, 0.5) is 0 Å². The Morgan fingerprint density at radius 2 is 1.00 bits per heavy atom. The number of aromatic nitrogens is 2. The fourth-order valence-corrected chi connectivity index (χ4v) is 14.5. The maximum atomic E-state index is 14.7. The molecule has 3 N–H and O–H groups in total. The third-order valence-corrected chi connectivity index (χ3v) is 20.9. The van der Waals surface area contributed by atoms with Crippen molar-refractivity contribution in [2.24, 2.45) is 23.7 Å². The Labute approximate surface area is 676 Å². The highest BCUT2D eigenvalue weighted by Crippen LogP contribution is 2.41. The second-order valence-corrected chi connectivity index (χ2v) is 29.7. The van der Waals surface area contributed by atoms with Crippen LogP contribution in [0.25, 0.3) is 0 Å². The first kappa shape index (κ1) is 97.4. The molecule has 2 aliphatic rings. The maximum absolute atomic E-state index is 14.7. The summed E-state index contributed by atoms with van der Waals surface area (Å²) in [5, 5.41) is 18.5. The number of hydrogen-bond acceptors (Lipinski definition) is 27. The van der Waals surface area contributed by atoms with Gasteiger partial charge in [-0.3, -0.25) is 38.5 Å². The van der Waals surface area contributed by atoms with Crippen LogP contribution >= 0.6 is 23.5 Å². The number of aliphatic carboxylic acids is 1. The van der Waals surface area contributed by atoms with Crippen molar-refractivity contribution in [3.05, 3.63) is 94.5 Å². The Balaban J connectivity index is 0.793. The number of ether oxygens (including phenoxy) is 14. The first-order valence-electron chi connectivity index (χ1n) is 39.3. The number of imide groups is 1. The van der Waals surface area contributed by atoms with Crippen molar-refractivity contribution in [3.63, 3.8) is 0 Å². The van der Waals surface area contributed by atoms with E-state index in [1.165, 1.54) is 24.2 Å². The Bertz CT molecular complexity index is 3120. The van der Waals surface area contributed by atoms with Gasteiger partial charge in [-0.05, 0) is 66.8 Å². The van der Waals surface area contributed by atoms with Crippen LogP contribution in [0.2, 0.25) is 0 Å². The van der Waals surface area contributed by atoms with E-state index in [4.69, 9.17) is 71.2 Å². The smallest absolute Gasteiger partial charge is 0.326 e. The molecule has 113 heavy (non-hydrogen) atoms. The summed E-state index contributed by atoms with van der Waals surface area (Å²) in [6.45, 7) is 23.7. The number of nitrogens with one attached hydrogen (secondary N) is 2. The zero-order valence-electron chi connectivity index (χ0n) is 68.1. The molecule has 5 rings (SSSR count). The van der Waals surface area contributed by atoms with E-state index >= 15 is 0 Å². The molecule has 0 bridgehead atoms. The van der Waals surface area contributed by atoms with Gasteiger partial charge in [-0.25, -0.2) is 14.8 Å². The lowest BCUT2D eigenvalue weighted by molar-refractivity contribution is -0.186. The van der Waals surface area contributed by atoms with Crippen LogP contribution in [0.5, 0.6) is 0 Å². The maximum Gasteiger partial charge on any atom is 0.326 e. The number of likely N-dealkylation sites (tertiary alicyclic amines) is 1. The quantitative estimate of drug-likeness (QED) is 0.0317. The minimum atomic E-state index is -1.16. The number of carboxylic acids is 1. The number of nitrogens with zero attached hydrogens (tertiary/aromatic N) is 6. The van der Waals surface area contributed by atoms with Gasteiger partial charge < -0.3 is 91.9 Å². The average Bonchev–Trinajstić information content (AvgIpc) is 1.66. The van der Waals surface area contributed by atoms with Gasteiger partial charge in [0.25, 0.3) is 11.8 Å². The third-order valence-electron chi connectivity index (χ3n) is 18.7. The zero-order valence-corrected chi connectivity index (χ0v) is 69.8. The molecule has 2 aliphatic heterocycles. The number of methoxy groups -OCH3 is 2. The second kappa shape index (κ2) is 57.8. The molecule has 33 heteroatoms. The number of hydroxylamine groups is 2. The Morgan fingerprint density at radius 1 is 0.558 bits per heavy atom. The van der Waals surface area contributed by atoms with Crippen LogP contribution < -0.4 is 10.6 Å². The van der Waals surface area contributed by atoms with Crippen molar-refractivity contribution in [1.82, 2.24) is 40.4 Å². The largest absolute Gasteiger partial charge is 0.480 e. The van der Waals surface area contributed by atoms with Crippen molar-refractivity contribution >= 4 is 64.9 Å². The summed E-state index contributed by atoms with van der Waals surface area (Å²) in [5.41, 5.74) is 0.766. The minimum Gasteiger partial charge on any atom is -0.480 e. The van der Waals surface area contributed by atoms with E-state index in [0.29, 0.717) is 204 Å². The highest BCUT2D eigenvalue weighted by molar-refractivity contribution is 8.08. The van der Waals surface area contributed by atoms with Crippen molar-refractivity contribution in [2.45, 2.75) is 139 Å². The Kier molecular flexibility index (Phi) is 49.8. The monoisotopic (exact) mass is 1630 g/mol. The van der Waals surface area contributed by atoms with E-state index in [2.05, 4.69) is 20.6 Å². The van der Waals surface area contributed by atoms with Gasteiger partial charge in [0.1, 0.15) is 28.2 Å². The lowest BCUT2D eigenvalue weighted by Gasteiger charge is -2.41. The van der Waals surface area contributed by atoms with Crippen molar-refractivity contribution in [1.29, 1.82) is 0 Å². The number of thioether (sulfide) groups is 2. The predicted octanol–water partition coefficient (Wildman–Crippen LogP) is 6.29. The molecule has 2 aromatic heterocycles. The fraction of sp³-hybridized carbons (Fsp3) is 0.688. The second-order valence-electron chi connectivity index (χ2n) is 27.6. The zero-order chi connectivity index (χ0) is 82.0. The SMILES string of the molecule is CC[C@H](C)C([C@@H](CC(=O)N1CCC[C@H]1[C@H](OC)[C@@H](C)C(=O)N[C@@H](Cc1ccccc1)C(=O)O)OC)N(C)C(=O)[C@@H](NC(=O)[C@H](C(C)C)N(C)OCCCOCCOCCOCCOCCOCCOCCOCCOCCOCCOCCOCCOCCN1C(=O)C(Sc2ccccn2)=C(Sc2ccccn2)C1=O)C(C)C. The number of rotatable bonds is 66. The molecular weight excluding hydrogens is 1510 g/mol. The van der Waals surface area contributed by atoms with Crippen LogP contribution in [-0.2, 0) is 111 Å². The van der Waals surface area contributed by atoms with E-state index in [1.807, 2.05) is 71.9 Å². The van der Waals surface area contributed by atoms with Gasteiger partial charge in [0.05, 0.1) is 212 Å². The molecule has 1 saturated heterocycles. The standard InChI is InChI=1S/C80H126N8O23S2/c1-12-60(6)71(65(97-10)57-68(89)87-29-20-24-64(87)72(98-11)61(7)75(90)83-63(80(95)96)56-62-22-14-13-15-23-62)85(8)77(92)69(58(2)3)84-76(91)70(59(4)5)86(9)111-32-21-31-99-34-36-101-38-40-103-42-44-105-46-48-107-50-52-109-54-55-110-53-51-108-49-47-106-45-43-104-41-39-102-37-35-100-33-30-88-78(93)73(112-66-25-16-18-27-81-66)74(79(88)94)113-67-26-17-19-28-82-67/h13-19,22-23,25-28,58-61,63-65,69-72H,12,20-21,24,29-57H2,1-11H3,(H,83,90)(H,84,91)(H,95,96)/t60-,61+,63-,64-,65+,69-,70-,71?,72+/m0/s1. The fourth-order valence-electron chi connectivity index (χ4n) is 12.6. The highest BCUT2D eigenvalue weighted by atomic mass is 32.2. The van der Waals surface area contributed by atoms with Gasteiger partial charge in [0.2, 0.25) is 23.6 Å². The Morgan fingerprint density at radius 3 is 1.40 bits per heavy atom. The molecule has 6 amide bonds. The Hall–Kier alpha value is -6.19. The van der Waals surface area contributed by atoms with Crippen LogP contribution in [-0.4, -0.2) is 325 Å². The number of hydrogen-bond donors (Lipinski definition) is 3. The summed E-state index contributed by atoms with van der Waals surface area (Å²) in [7, 11) is 6.40. The van der Waals surface area contributed by atoms with E-state index in [-0.39, 0.29) is 79.9 Å². The summed E-state index contributed by atoms with van der Waals surface area (Å²) >= 11 is 2.32. The van der Waals surface area contributed by atoms with Gasteiger partial charge in [-0.2, -0.15) is 5.06 Å². The van der Waals surface area contributed by atoms with Gasteiger partial charge >= 0.3 is 5.97 Å². The molecule has 1 aromatic carbocycles. The molecule has 636 valence electrons. The molecule has 0 spiro atoms. The summed E-state index contributed by atoms with van der Waals surface area (Å²) in [4.78, 5) is 116. The molecule has 1 unspecified atom stereocenters. The van der Waals surface area contributed by atoms with E-state index in [0.717, 1.165) is 29.1 Å². The summed E-state index contributed by atoms with van der Waals surface area (Å²) in [6.07, 6.45) is 4.32. The molecule has 3 aromatic rings. The van der Waals surface area contributed by atoms with Crippen molar-refractivity contribution in [3.8, 4) is 0 Å². The number of carbonyl (C=O) groups is 7. The van der Waals surface area contributed by atoms with Crippen LogP contribution in [0.15, 0.2) is 99.0 Å². The topological polar surface area (TPSA) is 341 Å². The normalized spacial score (nSPS) is 16.1. The molecule has 1 fully saturated rings. The molecule has 4 heterocycles. The van der Waals surface area contributed by atoms with Crippen molar-refractivity contribution in [2.75, 3.05) is 207 Å². The van der Waals surface area contributed by atoms with Gasteiger partial charge in [0.15, 0.2) is 0 Å². The highest BCUT2D eigenvalue weighted by Gasteiger charge is 2.45. The van der Waals surface area contributed by atoms with Crippen molar-refractivity contribution < 1.29 is 110 Å². The summed E-state index contributed by atoms with van der Waals surface area (Å²) in [5.74, 6) is -4.75. The summed E-state index contributed by atoms with van der Waals surface area (Å²) in [6, 6.07) is 16.0. The third kappa shape index (κ3) is 36.5. The van der Waals surface area contributed by atoms with Gasteiger partial charge in [-0.1, -0.05) is 121 Å². The molecular formula is C80H126N8O23S2. The minimum absolute atomic E-state index is 0.0654. The number of likely N-dealkylation sites (N-methyl/N-ethyl adjacent to an activating group) is 2. The average molecular weight is 1630 g/mol. The van der Waals surface area contributed by atoms with Gasteiger partial charge in [0, 0.05) is 60.3 Å². The van der Waals surface area contributed by atoms with E-state index in [9.17, 15) is 38.7 Å². The van der Waals surface area contributed by atoms with Crippen LogP contribution in [0.1, 0.15) is 86.1 Å². The lowest BCUT2D eigenvalue weighted by Crippen LogP contribution is -2.60. The van der Waals surface area contributed by atoms with Crippen LogP contribution in [0, 0.1) is 23.7 Å². The molecule has 9 atom stereocenters. The van der Waals surface area contributed by atoms with E-state index in [1.54, 1.807) is 79.6 Å². The first-order chi connectivity index (χ1) is 54.7. The summed E-state index contributed by atoms with van der Waals surface area (Å²) < 4.78 is 79.2. The van der Waals surface area contributed by atoms with Crippen LogP contribution in [0.3, 0.4) is 0 Å². The molecule has 31 nitrogen and oxygen atoms in total.